The minimum atomic E-state index is -1.33. The number of carbonyl (C=O) groups is 3. The Bertz CT molecular complexity index is 1390. The Morgan fingerprint density at radius 2 is 1.73 bits per heavy atom. The number of nitrogens with one attached hydrogen (secondary N) is 3. The summed E-state index contributed by atoms with van der Waals surface area (Å²) in [6, 6.07) is 8.29. The standard InChI is InChI=1S/C26H29N3O8/c1-26(2,3)37-22(34)13-17(24(35)27-10-9-14-7-8-18(30)21(33)11-14)29-25(36)16-12-20(32)15-5-4-6-19(31)23(15)28-16/h4-8,11-12,17,30-31,33H,9-10,13H2,1-3H3,(H,27,35)(H,28,32)(H,29,36)/t17-/m0/s1. The van der Waals surface area contributed by atoms with E-state index in [9.17, 15) is 34.5 Å². The van der Waals surface area contributed by atoms with Crippen molar-refractivity contribution in [1.82, 2.24) is 15.6 Å². The Kier molecular flexibility index (Phi) is 8.06. The van der Waals surface area contributed by atoms with Crippen LogP contribution in [0.3, 0.4) is 0 Å². The highest BCUT2D eigenvalue weighted by Gasteiger charge is 2.28. The van der Waals surface area contributed by atoms with Crippen molar-refractivity contribution in [2.24, 2.45) is 0 Å². The van der Waals surface area contributed by atoms with Gasteiger partial charge in [-0.3, -0.25) is 19.2 Å². The third kappa shape index (κ3) is 7.23. The molecule has 196 valence electrons. The van der Waals surface area contributed by atoms with Crippen LogP contribution in [-0.4, -0.2) is 56.3 Å². The lowest BCUT2D eigenvalue weighted by atomic mass is 10.1. The van der Waals surface area contributed by atoms with Gasteiger partial charge in [0.05, 0.1) is 11.9 Å². The Morgan fingerprint density at radius 1 is 1.00 bits per heavy atom. The third-order valence-corrected chi connectivity index (χ3v) is 5.25. The second kappa shape index (κ2) is 11.0. The number of phenols is 3. The first-order valence-corrected chi connectivity index (χ1v) is 11.5. The zero-order chi connectivity index (χ0) is 27.3. The minimum absolute atomic E-state index is 0.0606. The fraction of sp³-hybridized carbons (Fsp3) is 0.308. The number of H-pyrrole nitrogens is 1. The first-order valence-electron chi connectivity index (χ1n) is 11.5. The molecular formula is C26H29N3O8. The summed E-state index contributed by atoms with van der Waals surface area (Å²) in [4.78, 5) is 53.4. The number of phenolic OH excluding ortho intramolecular Hbond substituents is 3. The van der Waals surface area contributed by atoms with Gasteiger partial charge in [-0.25, -0.2) is 0 Å². The predicted molar refractivity (Wildman–Crippen MR) is 134 cm³/mol. The van der Waals surface area contributed by atoms with Gasteiger partial charge in [0.1, 0.15) is 23.1 Å². The highest BCUT2D eigenvalue weighted by molar-refractivity contribution is 5.99. The second-order valence-electron chi connectivity index (χ2n) is 9.43. The van der Waals surface area contributed by atoms with E-state index in [0.717, 1.165) is 6.07 Å². The van der Waals surface area contributed by atoms with Gasteiger partial charge in [0.2, 0.25) is 5.91 Å². The number of benzene rings is 2. The van der Waals surface area contributed by atoms with Crippen LogP contribution in [0.2, 0.25) is 0 Å². The number of rotatable bonds is 8. The molecule has 1 heterocycles. The van der Waals surface area contributed by atoms with Crippen molar-refractivity contribution in [3.05, 3.63) is 63.9 Å². The molecule has 0 saturated carbocycles. The molecule has 6 N–H and O–H groups in total. The number of pyridine rings is 1. The lowest BCUT2D eigenvalue weighted by Crippen LogP contribution is -2.49. The monoisotopic (exact) mass is 511 g/mol. The number of ether oxygens (including phenoxy) is 1. The molecule has 0 bridgehead atoms. The lowest BCUT2D eigenvalue weighted by Gasteiger charge is -2.22. The van der Waals surface area contributed by atoms with Gasteiger partial charge in [-0.05, 0) is 57.0 Å². The molecule has 0 radical (unpaired) electrons. The Morgan fingerprint density at radius 3 is 2.41 bits per heavy atom. The molecule has 1 atom stereocenters. The number of para-hydroxylation sites is 1. The summed E-state index contributed by atoms with van der Waals surface area (Å²) in [6.07, 6.45) is -0.179. The minimum Gasteiger partial charge on any atom is -0.506 e. The largest absolute Gasteiger partial charge is 0.506 e. The Labute approximate surface area is 212 Å². The highest BCUT2D eigenvalue weighted by Crippen LogP contribution is 2.25. The van der Waals surface area contributed by atoms with E-state index in [4.69, 9.17) is 4.74 Å². The topological polar surface area (TPSA) is 178 Å². The van der Waals surface area contributed by atoms with Crippen molar-refractivity contribution in [1.29, 1.82) is 0 Å². The van der Waals surface area contributed by atoms with E-state index < -0.39 is 41.3 Å². The Balaban J connectivity index is 1.77. The smallest absolute Gasteiger partial charge is 0.308 e. The SMILES string of the molecule is CC(C)(C)OC(=O)C[C@H](NC(=O)c1cc(=O)c2cccc(O)c2[nH]1)C(=O)NCCc1ccc(O)c(O)c1. The second-order valence-corrected chi connectivity index (χ2v) is 9.43. The van der Waals surface area contributed by atoms with Crippen LogP contribution >= 0.6 is 0 Å². The molecule has 37 heavy (non-hydrogen) atoms. The van der Waals surface area contributed by atoms with E-state index in [1.165, 1.54) is 30.3 Å². The molecular weight excluding hydrogens is 482 g/mol. The number of aromatic hydroxyl groups is 3. The number of hydrogen-bond acceptors (Lipinski definition) is 8. The number of hydrogen-bond donors (Lipinski definition) is 6. The van der Waals surface area contributed by atoms with Crippen LogP contribution in [0.15, 0.2) is 47.3 Å². The molecule has 1 aromatic heterocycles. The van der Waals surface area contributed by atoms with Crippen LogP contribution in [0.1, 0.15) is 43.2 Å². The Hall–Kier alpha value is -4.54. The molecule has 11 heteroatoms. The molecule has 2 aromatic carbocycles. The van der Waals surface area contributed by atoms with Crippen LogP contribution in [-0.2, 0) is 20.7 Å². The first kappa shape index (κ1) is 27.1. The van der Waals surface area contributed by atoms with Crippen molar-refractivity contribution < 1.29 is 34.4 Å². The molecule has 0 fully saturated rings. The van der Waals surface area contributed by atoms with E-state index in [2.05, 4.69) is 15.6 Å². The molecule has 0 saturated heterocycles. The molecule has 3 aromatic rings. The number of esters is 1. The van der Waals surface area contributed by atoms with Gasteiger partial charge in [-0.1, -0.05) is 12.1 Å². The van der Waals surface area contributed by atoms with Crippen LogP contribution in [0.5, 0.6) is 17.2 Å². The van der Waals surface area contributed by atoms with Gasteiger partial charge in [-0.15, -0.1) is 0 Å². The molecule has 11 nitrogen and oxygen atoms in total. The summed E-state index contributed by atoms with van der Waals surface area (Å²) in [6.45, 7) is 5.10. The van der Waals surface area contributed by atoms with Crippen LogP contribution in [0.25, 0.3) is 10.9 Å². The number of aromatic amines is 1. The molecule has 0 aliphatic heterocycles. The van der Waals surface area contributed by atoms with Gasteiger partial charge in [0.25, 0.3) is 5.91 Å². The summed E-state index contributed by atoms with van der Waals surface area (Å²) in [5.41, 5.74) is -0.840. The molecule has 0 aliphatic rings. The normalized spacial score (nSPS) is 12.1. The van der Waals surface area contributed by atoms with E-state index in [1.807, 2.05) is 0 Å². The van der Waals surface area contributed by atoms with E-state index in [-0.39, 0.29) is 40.4 Å². The van der Waals surface area contributed by atoms with Gasteiger partial charge in [-0.2, -0.15) is 0 Å². The maximum Gasteiger partial charge on any atom is 0.308 e. The van der Waals surface area contributed by atoms with E-state index in [1.54, 1.807) is 26.8 Å². The van der Waals surface area contributed by atoms with Gasteiger partial charge >= 0.3 is 5.97 Å². The average molecular weight is 512 g/mol. The third-order valence-electron chi connectivity index (χ3n) is 5.25. The van der Waals surface area contributed by atoms with Crippen molar-refractivity contribution in [3.63, 3.8) is 0 Å². The predicted octanol–water partition coefficient (Wildman–Crippen LogP) is 1.83. The lowest BCUT2D eigenvalue weighted by molar-refractivity contribution is -0.156. The van der Waals surface area contributed by atoms with Crippen LogP contribution < -0.4 is 16.1 Å². The van der Waals surface area contributed by atoms with Crippen molar-refractivity contribution in [2.75, 3.05) is 6.54 Å². The van der Waals surface area contributed by atoms with Gasteiger partial charge in [0.15, 0.2) is 16.9 Å². The number of amides is 2. The first-order chi connectivity index (χ1) is 17.3. The summed E-state index contributed by atoms with van der Waals surface area (Å²) in [7, 11) is 0. The van der Waals surface area contributed by atoms with Crippen molar-refractivity contribution in [3.8, 4) is 17.2 Å². The number of aromatic nitrogens is 1. The molecule has 0 spiro atoms. The fourth-order valence-corrected chi connectivity index (χ4v) is 3.55. The summed E-state index contributed by atoms with van der Waals surface area (Å²) < 4.78 is 5.28. The van der Waals surface area contributed by atoms with Gasteiger partial charge < -0.3 is 35.7 Å². The van der Waals surface area contributed by atoms with E-state index in [0.29, 0.717) is 12.0 Å². The number of carbonyl (C=O) groups excluding carboxylic acids is 3. The number of fused-ring (bicyclic) bond motifs is 1. The maximum atomic E-state index is 13.0. The summed E-state index contributed by atoms with van der Waals surface area (Å²) in [5, 5.41) is 34.4. The molecule has 3 rings (SSSR count). The maximum absolute atomic E-state index is 13.0. The highest BCUT2D eigenvalue weighted by atomic mass is 16.6. The van der Waals surface area contributed by atoms with Crippen LogP contribution in [0, 0.1) is 0 Å². The van der Waals surface area contributed by atoms with Crippen LogP contribution in [0.4, 0.5) is 0 Å². The zero-order valence-electron chi connectivity index (χ0n) is 20.6. The fourth-order valence-electron chi connectivity index (χ4n) is 3.55. The molecule has 0 aliphatic carbocycles. The van der Waals surface area contributed by atoms with E-state index >= 15 is 0 Å². The van der Waals surface area contributed by atoms with Crippen molar-refractivity contribution >= 4 is 28.7 Å². The zero-order valence-corrected chi connectivity index (χ0v) is 20.6. The summed E-state index contributed by atoms with van der Waals surface area (Å²) in [5.74, 6) is -3.03. The molecule has 2 amide bonds. The van der Waals surface area contributed by atoms with Crippen molar-refractivity contribution in [2.45, 2.75) is 45.3 Å². The quantitative estimate of drug-likeness (QED) is 0.196. The average Bonchev–Trinajstić information content (AvgIpc) is 2.80. The summed E-state index contributed by atoms with van der Waals surface area (Å²) >= 11 is 0. The van der Waals surface area contributed by atoms with Gasteiger partial charge in [0, 0.05) is 18.0 Å². The molecule has 0 unspecified atom stereocenters.